The third-order valence-corrected chi connectivity index (χ3v) is 3.96. The third kappa shape index (κ3) is 2.51. The van der Waals surface area contributed by atoms with Crippen molar-refractivity contribution in [1.82, 2.24) is 10.6 Å². The van der Waals surface area contributed by atoms with Gasteiger partial charge in [0.2, 0.25) is 5.91 Å². The van der Waals surface area contributed by atoms with Crippen molar-refractivity contribution in [1.29, 1.82) is 0 Å². The second-order valence-electron chi connectivity index (χ2n) is 5.44. The molecule has 4 heteroatoms. The molecule has 1 fully saturated rings. The number of nitrogens with one attached hydrogen (secondary N) is 2. The first-order valence-electron chi connectivity index (χ1n) is 7.11. The van der Waals surface area contributed by atoms with Crippen LogP contribution in [0.15, 0.2) is 18.2 Å². The molecule has 2 heterocycles. The van der Waals surface area contributed by atoms with Crippen molar-refractivity contribution >= 4 is 11.6 Å². The number of hydrogen-bond donors (Lipinski definition) is 2. The zero-order chi connectivity index (χ0) is 13.2. The predicted octanol–water partition coefficient (Wildman–Crippen LogP) is 0.836. The molecule has 102 valence electrons. The van der Waals surface area contributed by atoms with Crippen molar-refractivity contribution < 1.29 is 4.79 Å². The number of carbonyl (C=O) groups excluding carboxylic acids is 1. The van der Waals surface area contributed by atoms with Crippen LogP contribution in [0.25, 0.3) is 0 Å². The van der Waals surface area contributed by atoms with E-state index in [1.165, 1.54) is 11.1 Å². The monoisotopic (exact) mass is 259 g/mol. The van der Waals surface area contributed by atoms with Crippen molar-refractivity contribution in [3.05, 3.63) is 29.3 Å². The molecule has 1 atom stereocenters. The van der Waals surface area contributed by atoms with Gasteiger partial charge in [0, 0.05) is 31.9 Å². The summed E-state index contributed by atoms with van der Waals surface area (Å²) in [6.45, 7) is 5.49. The van der Waals surface area contributed by atoms with Crippen molar-refractivity contribution in [2.24, 2.45) is 0 Å². The van der Waals surface area contributed by atoms with Gasteiger partial charge in [-0.05, 0) is 31.4 Å². The molecule has 4 nitrogen and oxygen atoms in total. The van der Waals surface area contributed by atoms with E-state index in [1.807, 2.05) is 4.90 Å². The Kier molecular flexibility index (Phi) is 3.53. The molecule has 1 amide bonds. The molecule has 19 heavy (non-hydrogen) atoms. The maximum atomic E-state index is 12.6. The standard InChI is InChI=1S/C15H21N3O/c1-11-4-5-14-12(9-11)3-2-8-18(14)15(19)13-10-16-6-7-17-13/h4-5,9,13,16-17H,2-3,6-8,10H2,1H3. The molecule has 2 N–H and O–H groups in total. The van der Waals surface area contributed by atoms with Crippen LogP contribution in [0.4, 0.5) is 5.69 Å². The summed E-state index contributed by atoms with van der Waals surface area (Å²) in [5, 5.41) is 6.58. The first-order valence-corrected chi connectivity index (χ1v) is 7.11. The lowest BCUT2D eigenvalue weighted by molar-refractivity contribution is -0.120. The normalized spacial score (nSPS) is 23.0. The van der Waals surface area contributed by atoms with Gasteiger partial charge in [0.05, 0.1) is 6.04 Å². The number of fused-ring (bicyclic) bond motifs is 1. The molecule has 0 radical (unpaired) electrons. The van der Waals surface area contributed by atoms with Gasteiger partial charge >= 0.3 is 0 Å². The maximum Gasteiger partial charge on any atom is 0.245 e. The number of hydrogen-bond acceptors (Lipinski definition) is 3. The van der Waals surface area contributed by atoms with E-state index < -0.39 is 0 Å². The number of nitrogens with zero attached hydrogens (tertiary/aromatic N) is 1. The van der Waals surface area contributed by atoms with E-state index >= 15 is 0 Å². The summed E-state index contributed by atoms with van der Waals surface area (Å²) in [6.07, 6.45) is 2.14. The van der Waals surface area contributed by atoms with Crippen LogP contribution in [0.5, 0.6) is 0 Å². The van der Waals surface area contributed by atoms with Crippen LogP contribution in [-0.2, 0) is 11.2 Å². The quantitative estimate of drug-likeness (QED) is 0.785. The minimum Gasteiger partial charge on any atom is -0.313 e. The molecule has 0 bridgehead atoms. The largest absolute Gasteiger partial charge is 0.313 e. The summed E-state index contributed by atoms with van der Waals surface area (Å²) in [5.74, 6) is 0.206. The van der Waals surface area contributed by atoms with Gasteiger partial charge in [0.1, 0.15) is 0 Å². The Bertz CT molecular complexity index is 480. The minimum absolute atomic E-state index is 0.0824. The molecule has 0 aliphatic carbocycles. The number of benzene rings is 1. The van der Waals surface area contributed by atoms with E-state index in [4.69, 9.17) is 0 Å². The highest BCUT2D eigenvalue weighted by Crippen LogP contribution is 2.28. The van der Waals surface area contributed by atoms with Crippen molar-refractivity contribution in [3.8, 4) is 0 Å². The molecular weight excluding hydrogens is 238 g/mol. The van der Waals surface area contributed by atoms with Gasteiger partial charge in [-0.3, -0.25) is 4.79 Å². The zero-order valence-corrected chi connectivity index (χ0v) is 11.4. The van der Waals surface area contributed by atoms with Crippen LogP contribution in [0.3, 0.4) is 0 Å². The zero-order valence-electron chi connectivity index (χ0n) is 11.4. The second-order valence-corrected chi connectivity index (χ2v) is 5.44. The van der Waals surface area contributed by atoms with Crippen LogP contribution in [0.2, 0.25) is 0 Å². The fraction of sp³-hybridized carbons (Fsp3) is 0.533. The number of carbonyl (C=O) groups is 1. The molecule has 2 aliphatic rings. The van der Waals surface area contributed by atoms with Crippen LogP contribution in [0, 0.1) is 6.92 Å². The Morgan fingerprint density at radius 1 is 1.37 bits per heavy atom. The van der Waals surface area contributed by atoms with Crippen LogP contribution >= 0.6 is 0 Å². The Balaban J connectivity index is 1.84. The van der Waals surface area contributed by atoms with Gasteiger partial charge in [-0.15, -0.1) is 0 Å². The average molecular weight is 259 g/mol. The smallest absolute Gasteiger partial charge is 0.245 e. The van der Waals surface area contributed by atoms with E-state index in [2.05, 4.69) is 35.8 Å². The number of amides is 1. The SMILES string of the molecule is Cc1ccc2c(c1)CCCN2C(=O)C1CNCCN1. The van der Waals surface area contributed by atoms with E-state index in [1.54, 1.807) is 0 Å². The number of anilines is 1. The first kappa shape index (κ1) is 12.6. The first-order chi connectivity index (χ1) is 9.25. The topological polar surface area (TPSA) is 44.4 Å². The Morgan fingerprint density at radius 3 is 3.05 bits per heavy atom. The minimum atomic E-state index is -0.0824. The van der Waals surface area contributed by atoms with Crippen molar-refractivity contribution in [3.63, 3.8) is 0 Å². The fourth-order valence-corrected chi connectivity index (χ4v) is 2.97. The molecule has 1 unspecified atom stereocenters. The molecule has 0 aromatic heterocycles. The number of aryl methyl sites for hydroxylation is 2. The highest BCUT2D eigenvalue weighted by molar-refractivity contribution is 5.98. The lowest BCUT2D eigenvalue weighted by atomic mass is 9.98. The van der Waals surface area contributed by atoms with E-state index in [9.17, 15) is 4.79 Å². The third-order valence-electron chi connectivity index (χ3n) is 3.96. The molecule has 3 rings (SSSR count). The average Bonchev–Trinajstić information content (AvgIpc) is 2.46. The Labute approximate surface area is 114 Å². The lowest BCUT2D eigenvalue weighted by Gasteiger charge is -2.34. The summed E-state index contributed by atoms with van der Waals surface area (Å²) < 4.78 is 0. The highest BCUT2D eigenvalue weighted by Gasteiger charge is 2.29. The van der Waals surface area contributed by atoms with Gasteiger partial charge in [-0.2, -0.15) is 0 Å². The van der Waals surface area contributed by atoms with E-state index in [0.29, 0.717) is 0 Å². The van der Waals surface area contributed by atoms with E-state index in [0.717, 1.165) is 44.7 Å². The highest BCUT2D eigenvalue weighted by atomic mass is 16.2. The Hall–Kier alpha value is -1.39. The molecule has 1 saturated heterocycles. The van der Waals surface area contributed by atoms with Crippen LogP contribution in [-0.4, -0.2) is 38.1 Å². The number of piperazine rings is 1. The number of rotatable bonds is 1. The van der Waals surface area contributed by atoms with Gasteiger partial charge in [0.25, 0.3) is 0 Å². The predicted molar refractivity (Wildman–Crippen MR) is 76.5 cm³/mol. The fourth-order valence-electron chi connectivity index (χ4n) is 2.97. The van der Waals surface area contributed by atoms with Gasteiger partial charge in [-0.25, -0.2) is 0 Å². The Morgan fingerprint density at radius 2 is 2.26 bits per heavy atom. The second kappa shape index (κ2) is 5.31. The van der Waals surface area contributed by atoms with Crippen molar-refractivity contribution in [2.45, 2.75) is 25.8 Å². The van der Waals surface area contributed by atoms with Crippen LogP contribution < -0.4 is 15.5 Å². The molecule has 1 aromatic carbocycles. The van der Waals surface area contributed by atoms with Crippen LogP contribution in [0.1, 0.15) is 17.5 Å². The summed E-state index contributed by atoms with van der Waals surface area (Å²) >= 11 is 0. The van der Waals surface area contributed by atoms with Gasteiger partial charge in [-0.1, -0.05) is 17.7 Å². The molecule has 0 saturated carbocycles. The molecule has 2 aliphatic heterocycles. The lowest BCUT2D eigenvalue weighted by Crippen LogP contribution is -2.57. The molecule has 1 aromatic rings. The summed E-state index contributed by atoms with van der Waals surface area (Å²) in [6, 6.07) is 6.32. The summed E-state index contributed by atoms with van der Waals surface area (Å²) in [5.41, 5.74) is 3.68. The summed E-state index contributed by atoms with van der Waals surface area (Å²) in [7, 11) is 0. The summed E-state index contributed by atoms with van der Waals surface area (Å²) in [4.78, 5) is 14.6. The molecule has 0 spiro atoms. The van der Waals surface area contributed by atoms with E-state index in [-0.39, 0.29) is 11.9 Å². The molecular formula is C15H21N3O. The maximum absolute atomic E-state index is 12.6. The van der Waals surface area contributed by atoms with Crippen molar-refractivity contribution in [2.75, 3.05) is 31.1 Å². The van der Waals surface area contributed by atoms with Gasteiger partial charge in [0.15, 0.2) is 0 Å². The van der Waals surface area contributed by atoms with Gasteiger partial charge < -0.3 is 15.5 Å².